The first kappa shape index (κ1) is 37.7. The third-order valence-corrected chi connectivity index (χ3v) is 9.42. The van der Waals surface area contributed by atoms with Crippen LogP contribution in [-0.4, -0.2) is 56.0 Å². The molecule has 1 amide bonds. The number of carbonyl (C=O) groups excluding carboxylic acids is 1. The van der Waals surface area contributed by atoms with Crippen LogP contribution in [0.15, 0.2) is 84.6 Å². The van der Waals surface area contributed by atoms with Gasteiger partial charge in [0.2, 0.25) is 11.6 Å². The number of hydrogen-bond acceptors (Lipinski definition) is 4. The maximum Gasteiger partial charge on any atom is 0.219 e. The fourth-order valence-electron chi connectivity index (χ4n) is 6.82. The van der Waals surface area contributed by atoms with Crippen molar-refractivity contribution in [1.82, 2.24) is 10.6 Å². The quantitative estimate of drug-likeness (QED) is 0.0999. The van der Waals surface area contributed by atoms with Crippen LogP contribution in [0.25, 0.3) is 0 Å². The molecular weight excluding hydrogens is 681 g/mol. The molecule has 0 saturated carbocycles. The summed E-state index contributed by atoms with van der Waals surface area (Å²) in [4.78, 5) is 14.6. The van der Waals surface area contributed by atoms with Crippen molar-refractivity contribution in [2.24, 2.45) is 5.73 Å². The van der Waals surface area contributed by atoms with E-state index < -0.39 is 0 Å². The number of hydrogen-bond donors (Lipinski definition) is 3. The van der Waals surface area contributed by atoms with Gasteiger partial charge in [0, 0.05) is 60.9 Å². The van der Waals surface area contributed by atoms with E-state index in [0.29, 0.717) is 6.42 Å². The largest absolute Gasteiger partial charge is 1.00 e. The van der Waals surface area contributed by atoms with Gasteiger partial charge in [-0.3, -0.25) is 4.79 Å². The highest BCUT2D eigenvalue weighted by molar-refractivity contribution is 6.03. The average molecular weight is 738 g/mol. The minimum Gasteiger partial charge on any atom is -1.00 e. The predicted molar refractivity (Wildman–Crippen MR) is 191 cm³/mol. The van der Waals surface area contributed by atoms with E-state index >= 15 is 0 Å². The smallest absolute Gasteiger partial charge is 0.219 e. The molecule has 0 aliphatic carbocycles. The second-order valence-electron chi connectivity index (χ2n) is 13.4. The fraction of sp³-hybridized carbons (Fsp3) is 0.487. The number of benzene rings is 2. The van der Waals surface area contributed by atoms with Gasteiger partial charge < -0.3 is 45.2 Å². The molecule has 6 nitrogen and oxygen atoms in total. The third kappa shape index (κ3) is 9.20. The first-order chi connectivity index (χ1) is 21.7. The SMILES string of the molecule is CN1/C(=C/C=C/C=C/C2=[N+](CCCCCC(=O)NCCCCNCCCN)c3ccccc3C2(C)C)C(C)(C)c2ccccc21.[I-]. The number of halogens is 1. The summed E-state index contributed by atoms with van der Waals surface area (Å²) in [5.74, 6) is 0.173. The Hall–Kier alpha value is -2.75. The molecule has 0 radical (unpaired) electrons. The molecule has 2 aliphatic heterocycles. The zero-order chi connectivity index (χ0) is 32.3. The van der Waals surface area contributed by atoms with Crippen molar-refractivity contribution in [3.05, 3.63) is 95.7 Å². The second-order valence-corrected chi connectivity index (χ2v) is 13.4. The van der Waals surface area contributed by atoms with Gasteiger partial charge >= 0.3 is 0 Å². The molecule has 0 bridgehead atoms. The number of anilines is 1. The van der Waals surface area contributed by atoms with E-state index in [-0.39, 0.29) is 40.7 Å². The summed E-state index contributed by atoms with van der Waals surface area (Å²) in [6.45, 7) is 13.6. The normalized spacial score (nSPS) is 17.2. The number of likely N-dealkylation sites (N-methyl/N-ethyl adjacent to an activating group) is 1. The van der Waals surface area contributed by atoms with Crippen LogP contribution in [-0.2, 0) is 15.6 Å². The molecule has 0 atom stereocenters. The topological polar surface area (TPSA) is 73.4 Å². The average Bonchev–Trinajstić information content (AvgIpc) is 3.36. The summed E-state index contributed by atoms with van der Waals surface area (Å²) in [7, 11) is 2.16. The van der Waals surface area contributed by atoms with Crippen LogP contribution < -0.4 is 45.2 Å². The minimum absolute atomic E-state index is 0. The van der Waals surface area contributed by atoms with Gasteiger partial charge in [0.05, 0.1) is 5.41 Å². The maximum atomic E-state index is 12.3. The number of rotatable bonds is 17. The van der Waals surface area contributed by atoms with E-state index in [1.807, 2.05) is 0 Å². The highest BCUT2D eigenvalue weighted by Crippen LogP contribution is 2.46. The Labute approximate surface area is 295 Å². The van der Waals surface area contributed by atoms with Crippen LogP contribution in [0.1, 0.15) is 83.8 Å². The Kier molecular flexibility index (Phi) is 14.7. The molecule has 0 spiro atoms. The monoisotopic (exact) mass is 737 g/mol. The molecule has 2 heterocycles. The Morgan fingerprint density at radius 3 is 2.28 bits per heavy atom. The zero-order valence-corrected chi connectivity index (χ0v) is 30.9. The number of nitrogens with two attached hydrogens (primary N) is 1. The van der Waals surface area contributed by atoms with E-state index in [1.165, 1.54) is 33.9 Å². The third-order valence-electron chi connectivity index (χ3n) is 9.42. The second kappa shape index (κ2) is 18.0. The number of para-hydroxylation sites is 2. The van der Waals surface area contributed by atoms with E-state index in [2.05, 4.69) is 134 Å². The van der Waals surface area contributed by atoms with Gasteiger partial charge in [-0.1, -0.05) is 68.5 Å². The van der Waals surface area contributed by atoms with Crippen LogP contribution in [0.2, 0.25) is 0 Å². The first-order valence-electron chi connectivity index (χ1n) is 17.0. The number of fused-ring (bicyclic) bond motifs is 2. The first-order valence-corrected chi connectivity index (χ1v) is 17.0. The Morgan fingerprint density at radius 1 is 0.826 bits per heavy atom. The molecule has 46 heavy (non-hydrogen) atoms. The van der Waals surface area contributed by atoms with Gasteiger partial charge in [-0.25, -0.2) is 0 Å². The molecule has 4 rings (SSSR count). The summed E-state index contributed by atoms with van der Waals surface area (Å²) in [6, 6.07) is 17.5. The number of unbranched alkanes of at least 4 members (excludes halogenated alkanes) is 3. The molecule has 4 N–H and O–H groups in total. The van der Waals surface area contributed by atoms with Gasteiger partial charge in [-0.15, -0.1) is 0 Å². The molecule has 250 valence electrons. The lowest BCUT2D eigenvalue weighted by molar-refractivity contribution is -0.438. The summed E-state index contributed by atoms with van der Waals surface area (Å²) >= 11 is 0. The van der Waals surface area contributed by atoms with Gasteiger partial charge in [0.1, 0.15) is 6.54 Å². The number of nitrogens with zero attached hydrogens (tertiary/aromatic N) is 2. The van der Waals surface area contributed by atoms with E-state index in [0.717, 1.165) is 71.2 Å². The molecule has 7 heteroatoms. The van der Waals surface area contributed by atoms with Crippen LogP contribution in [0, 0.1) is 0 Å². The van der Waals surface area contributed by atoms with E-state index in [1.54, 1.807) is 0 Å². The minimum atomic E-state index is -0.0749. The number of allylic oxidation sites excluding steroid dienone is 6. The standard InChI is InChI=1S/C39H55N5O.HI/c1-38(2)31-19-11-13-21-33(31)43(5)35(38)23-8-6-9-24-36-39(3,4)32-20-12-14-22-34(32)44(36)30-17-7-10-25-37(45)42-29-16-15-27-41-28-18-26-40;/h6,8-9,11-14,19-24,41H,7,10,15-18,25-30,40H2,1-5H3;1H. The van der Waals surface area contributed by atoms with E-state index in [4.69, 9.17) is 5.73 Å². The summed E-state index contributed by atoms with van der Waals surface area (Å²) in [5, 5.41) is 6.47. The molecule has 2 aromatic carbocycles. The predicted octanol–water partition coefficient (Wildman–Crippen LogP) is 3.89. The molecule has 0 saturated heterocycles. The van der Waals surface area contributed by atoms with Gasteiger partial charge in [0.25, 0.3) is 0 Å². The van der Waals surface area contributed by atoms with Crippen molar-refractivity contribution in [3.8, 4) is 0 Å². The summed E-state index contributed by atoms with van der Waals surface area (Å²) in [6.07, 6.45) is 17.7. The Balaban J connectivity index is 0.00000576. The van der Waals surface area contributed by atoms with Crippen molar-refractivity contribution in [3.63, 3.8) is 0 Å². The van der Waals surface area contributed by atoms with Gasteiger partial charge in [-0.05, 0) is 83.3 Å². The van der Waals surface area contributed by atoms with Crippen LogP contribution in [0.4, 0.5) is 11.4 Å². The Bertz CT molecular complexity index is 1420. The summed E-state index contributed by atoms with van der Waals surface area (Å²) in [5.41, 5.74) is 13.4. The van der Waals surface area contributed by atoms with Crippen LogP contribution in [0.5, 0.6) is 0 Å². The van der Waals surface area contributed by atoms with Crippen molar-refractivity contribution in [2.75, 3.05) is 44.7 Å². The summed E-state index contributed by atoms with van der Waals surface area (Å²) < 4.78 is 2.49. The highest BCUT2D eigenvalue weighted by atomic mass is 127. The fourth-order valence-corrected chi connectivity index (χ4v) is 6.82. The van der Waals surface area contributed by atoms with E-state index in [9.17, 15) is 4.79 Å². The van der Waals surface area contributed by atoms with Crippen molar-refractivity contribution in [2.45, 2.75) is 83.5 Å². The molecule has 0 aromatic heterocycles. The lowest BCUT2D eigenvalue weighted by atomic mass is 9.81. The number of amides is 1. The van der Waals surface area contributed by atoms with Crippen molar-refractivity contribution >= 4 is 23.0 Å². The van der Waals surface area contributed by atoms with Crippen molar-refractivity contribution < 1.29 is 33.3 Å². The highest BCUT2D eigenvalue weighted by Gasteiger charge is 2.43. The van der Waals surface area contributed by atoms with Gasteiger partial charge in [0.15, 0.2) is 5.71 Å². The number of carbonyl (C=O) groups is 1. The maximum absolute atomic E-state index is 12.3. The molecular formula is C39H56IN5O. The molecule has 2 aliphatic rings. The Morgan fingerprint density at radius 2 is 1.52 bits per heavy atom. The van der Waals surface area contributed by atoms with Crippen molar-refractivity contribution in [1.29, 1.82) is 0 Å². The lowest BCUT2D eigenvalue weighted by Gasteiger charge is -2.23. The van der Waals surface area contributed by atoms with Crippen LogP contribution >= 0.6 is 0 Å². The molecule has 2 aromatic rings. The lowest BCUT2D eigenvalue weighted by Crippen LogP contribution is -3.00. The molecule has 0 unspecified atom stereocenters. The zero-order valence-electron chi connectivity index (χ0n) is 28.7. The van der Waals surface area contributed by atoms with Crippen LogP contribution in [0.3, 0.4) is 0 Å². The molecule has 0 fully saturated rings. The number of nitrogens with one attached hydrogen (secondary N) is 2. The van der Waals surface area contributed by atoms with Gasteiger partial charge in [-0.2, -0.15) is 4.58 Å².